The zero-order valence-corrected chi connectivity index (χ0v) is 62.5. The number of aryl methyl sites for hydroxylation is 2. The van der Waals surface area contributed by atoms with E-state index < -0.39 is 0 Å². The van der Waals surface area contributed by atoms with Crippen LogP contribution in [0, 0.1) is 11.8 Å². The Morgan fingerprint density at radius 1 is 0.308 bits per heavy atom. The lowest BCUT2D eigenvalue weighted by atomic mass is 9.87. The lowest BCUT2D eigenvalue weighted by Gasteiger charge is -2.18. The zero-order chi connectivity index (χ0) is 65.3. The van der Waals surface area contributed by atoms with Gasteiger partial charge in [0.1, 0.15) is 0 Å². The van der Waals surface area contributed by atoms with Crippen molar-refractivity contribution in [2.24, 2.45) is 11.8 Å². The largest absolute Gasteiger partial charge is 0.493 e. The van der Waals surface area contributed by atoms with E-state index >= 15 is 0 Å². The second-order valence-electron chi connectivity index (χ2n) is 29.3. The van der Waals surface area contributed by atoms with E-state index in [9.17, 15) is 5.53 Å². The summed E-state index contributed by atoms with van der Waals surface area (Å²) < 4.78 is 1.76. The quantitative estimate of drug-likeness (QED) is 0.0358. The van der Waals surface area contributed by atoms with Crippen LogP contribution in [0.5, 0.6) is 0 Å². The summed E-state index contributed by atoms with van der Waals surface area (Å²) in [4.78, 5) is 0. The van der Waals surface area contributed by atoms with Gasteiger partial charge in [-0.2, -0.15) is 0 Å². The minimum Gasteiger partial charge on any atom is -0.493 e. The third kappa shape index (κ3) is 38.4. The van der Waals surface area contributed by atoms with Gasteiger partial charge in [-0.15, -0.1) is 0 Å². The number of unbranched alkanes of at least 4 members (excludes halogenated alkanes) is 43. The topological polar surface area (TPSA) is 25.3 Å². The highest BCUT2D eigenvalue weighted by atomic mass is 15.2. The van der Waals surface area contributed by atoms with Crippen molar-refractivity contribution in [1.82, 2.24) is 0 Å². The predicted molar refractivity (Wildman–Crippen MR) is 409 cm³/mol. The normalized spacial score (nSPS) is 13.9. The molecule has 1 aliphatic rings. The molecule has 2 atom stereocenters. The molecule has 0 saturated carbocycles. The summed E-state index contributed by atoms with van der Waals surface area (Å²) in [5.41, 5.74) is 27.1. The number of rotatable bonds is 65. The van der Waals surface area contributed by atoms with Gasteiger partial charge in [0.2, 0.25) is 11.4 Å². The van der Waals surface area contributed by atoms with Crippen LogP contribution >= 0.6 is 0 Å². The minimum atomic E-state index is 0.575. The Morgan fingerprint density at radius 3 is 0.802 bits per heavy atom. The smallest absolute Gasteiger partial charge is 0.211 e. The fraction of sp³-hybridized carbons (Fsp3) is 0.775. The monoisotopic (exact) mass is 1250 g/mol. The Kier molecular flexibility index (Phi) is 52.7. The Balaban J connectivity index is 1.84. The summed E-state index contributed by atoms with van der Waals surface area (Å²) in [6.07, 6.45) is 84.3. The van der Waals surface area contributed by atoms with Crippen LogP contribution in [0.4, 0.5) is 0 Å². The SMILES string of the molecule is CCCCCCCCCCCCCCCCCCCCCC1=C(c2ccccc2CCC(C=C(CC)CCCCCCCCCCCCC)CC)[N+](=[N-])C(c2ccccc2CCC(C=C(CC)CCCCCCCCCCCCC)CC)=C1CCCCCCCC. The highest BCUT2D eigenvalue weighted by molar-refractivity contribution is 5.83. The first-order chi connectivity index (χ1) is 44.9. The third-order valence-electron chi connectivity index (χ3n) is 21.4. The molecule has 0 saturated heterocycles. The summed E-state index contributed by atoms with van der Waals surface area (Å²) >= 11 is 0. The van der Waals surface area contributed by atoms with Crippen LogP contribution < -0.4 is 0 Å². The van der Waals surface area contributed by atoms with Gasteiger partial charge < -0.3 is 5.53 Å². The lowest BCUT2D eigenvalue weighted by molar-refractivity contribution is -0.345. The summed E-state index contributed by atoms with van der Waals surface area (Å²) in [5.74, 6) is 1.15. The van der Waals surface area contributed by atoms with E-state index in [1.165, 1.54) is 374 Å². The highest BCUT2D eigenvalue weighted by Gasteiger charge is 2.37. The molecule has 0 spiro atoms. The van der Waals surface area contributed by atoms with E-state index in [1.807, 2.05) is 0 Å². The first kappa shape index (κ1) is 82.2. The molecule has 2 aromatic carbocycles. The van der Waals surface area contributed by atoms with Crippen LogP contribution in [0.25, 0.3) is 16.9 Å². The van der Waals surface area contributed by atoms with Crippen molar-refractivity contribution in [2.45, 2.75) is 434 Å². The molecule has 0 fully saturated rings. The summed E-state index contributed by atoms with van der Waals surface area (Å²) in [5, 5.41) is 0. The lowest BCUT2D eigenvalue weighted by Crippen LogP contribution is -2.08. The van der Waals surface area contributed by atoms with E-state index in [0.717, 1.165) is 49.9 Å². The first-order valence-electron chi connectivity index (χ1n) is 41.4. The predicted octanol–water partition coefficient (Wildman–Crippen LogP) is 31.4. The fourth-order valence-electron chi connectivity index (χ4n) is 15.1. The third-order valence-corrected chi connectivity index (χ3v) is 21.4. The zero-order valence-electron chi connectivity index (χ0n) is 62.5. The second-order valence-corrected chi connectivity index (χ2v) is 29.3. The van der Waals surface area contributed by atoms with Gasteiger partial charge in [0.25, 0.3) is 0 Å². The molecular weight excluding hydrogens is 1100 g/mol. The van der Waals surface area contributed by atoms with Crippen molar-refractivity contribution in [3.63, 3.8) is 0 Å². The van der Waals surface area contributed by atoms with Gasteiger partial charge in [-0.25, -0.2) is 4.70 Å². The van der Waals surface area contributed by atoms with E-state index in [1.54, 1.807) is 15.8 Å². The van der Waals surface area contributed by atoms with Gasteiger partial charge >= 0.3 is 0 Å². The molecule has 91 heavy (non-hydrogen) atoms. The summed E-state index contributed by atoms with van der Waals surface area (Å²) in [6, 6.07) is 18.6. The van der Waals surface area contributed by atoms with Crippen molar-refractivity contribution in [2.75, 3.05) is 0 Å². The van der Waals surface area contributed by atoms with E-state index in [4.69, 9.17) is 0 Å². The van der Waals surface area contributed by atoms with Crippen molar-refractivity contribution < 1.29 is 4.70 Å². The van der Waals surface area contributed by atoms with Gasteiger partial charge in [-0.3, -0.25) is 0 Å². The molecule has 520 valence electrons. The number of hydrogen-bond donors (Lipinski definition) is 0. The molecule has 0 N–H and O–H groups in total. The number of allylic oxidation sites excluding steroid dienone is 6. The van der Waals surface area contributed by atoms with Gasteiger partial charge in [0, 0.05) is 22.3 Å². The number of nitrogens with zero attached hydrogens (tertiary/aromatic N) is 2. The molecule has 0 aromatic heterocycles. The Hall–Kier alpha value is -3.00. The fourth-order valence-corrected chi connectivity index (χ4v) is 15.1. The van der Waals surface area contributed by atoms with Crippen LogP contribution in [0.15, 0.2) is 83.0 Å². The average Bonchev–Trinajstić information content (AvgIpc) is 1.62. The molecule has 2 unspecified atom stereocenters. The molecule has 2 heteroatoms. The van der Waals surface area contributed by atoms with Gasteiger partial charge in [-0.1, -0.05) is 391 Å². The highest BCUT2D eigenvalue weighted by Crippen LogP contribution is 2.47. The maximum atomic E-state index is 13.3. The van der Waals surface area contributed by atoms with Crippen molar-refractivity contribution in [1.29, 1.82) is 0 Å². The Bertz CT molecular complexity index is 2160. The second kappa shape index (κ2) is 58.4. The van der Waals surface area contributed by atoms with Gasteiger partial charge in [-0.05, 0) is 138 Å². The van der Waals surface area contributed by atoms with Crippen LogP contribution in [-0.2, 0) is 12.8 Å². The van der Waals surface area contributed by atoms with Crippen LogP contribution in [0.1, 0.15) is 444 Å². The Morgan fingerprint density at radius 2 is 0.549 bits per heavy atom. The van der Waals surface area contributed by atoms with Gasteiger partial charge in [0.05, 0.1) is 0 Å². The molecule has 0 aliphatic carbocycles. The average molecular weight is 1250 g/mol. The molecule has 3 rings (SSSR count). The summed E-state index contributed by atoms with van der Waals surface area (Å²) in [6.45, 7) is 18.9. The van der Waals surface area contributed by atoms with Crippen LogP contribution in [0.2, 0.25) is 0 Å². The molecule has 1 aliphatic heterocycles. The molecule has 1 heterocycles. The number of hydrogen-bond acceptors (Lipinski definition) is 0. The van der Waals surface area contributed by atoms with E-state index in [-0.39, 0.29) is 0 Å². The molecule has 2 nitrogen and oxygen atoms in total. The number of benzene rings is 2. The molecule has 0 radical (unpaired) electrons. The van der Waals surface area contributed by atoms with E-state index in [0.29, 0.717) is 11.8 Å². The molecule has 0 amide bonds. The van der Waals surface area contributed by atoms with Crippen molar-refractivity contribution in [3.05, 3.63) is 111 Å². The van der Waals surface area contributed by atoms with Crippen LogP contribution in [-0.4, -0.2) is 4.70 Å². The van der Waals surface area contributed by atoms with Crippen LogP contribution in [0.3, 0.4) is 0 Å². The van der Waals surface area contributed by atoms with Crippen molar-refractivity contribution >= 4 is 11.4 Å². The minimum absolute atomic E-state index is 0.575. The van der Waals surface area contributed by atoms with Crippen molar-refractivity contribution in [3.8, 4) is 0 Å². The molecular formula is C89H154N2. The maximum Gasteiger partial charge on any atom is 0.211 e. The first-order valence-corrected chi connectivity index (χ1v) is 41.4. The Labute approximate surface area is 569 Å². The van der Waals surface area contributed by atoms with Gasteiger partial charge in [0.15, 0.2) is 0 Å². The molecule has 0 bridgehead atoms. The summed E-state index contributed by atoms with van der Waals surface area (Å²) in [7, 11) is 0. The van der Waals surface area contributed by atoms with E-state index in [2.05, 4.69) is 116 Å². The maximum absolute atomic E-state index is 13.3. The molecule has 2 aromatic rings. The standard InChI is InChI=1S/C89H154N2/c1-9-17-21-25-29-32-35-36-37-38-39-40-41-42-45-48-51-55-59-71-87-86(70-58-54-28-24-20-12-4)88(84-68-62-60-66-82(84)74-72-80(15-7)76-78(13-5)64-56-52-49-46-43-33-30-26-22-18-10-2)91(90)89(87)85-69-63-61-67-83(85)75-73-81(16-8)77-79(14-6)65-57-53-50-47-44-34-31-27-23-19-11-3/h60-63,66-69,76-77,80-81H,9-59,64-65,70-75H2,1-8H3.